The number of amides is 1. The normalized spacial score (nSPS) is 23.2. The smallest absolute Gasteiger partial charge is 0.252 e. The summed E-state index contributed by atoms with van der Waals surface area (Å²) in [6.45, 7) is 4.32. The average Bonchev–Trinajstić information content (AvgIpc) is 3.24. The molecule has 1 aliphatic carbocycles. The van der Waals surface area contributed by atoms with Crippen LogP contribution in [0.4, 0.5) is 10.1 Å². The van der Waals surface area contributed by atoms with E-state index >= 15 is 4.39 Å². The Morgan fingerprint density at radius 2 is 2.14 bits per heavy atom. The van der Waals surface area contributed by atoms with Gasteiger partial charge in [-0.05, 0) is 64.3 Å². The maximum absolute atomic E-state index is 15.2. The van der Waals surface area contributed by atoms with Gasteiger partial charge in [0.25, 0.3) is 5.91 Å². The zero-order chi connectivity index (χ0) is 26.3. The minimum atomic E-state index is -1.64. The SMILES string of the molecule is CC1(O)CC(c2ccc3cc(C#N)cnn23)CC(N(C[C@@H](F)C(C)(C)O)c2ccncc2C(N)=O)C1. The van der Waals surface area contributed by atoms with Gasteiger partial charge in [-0.15, -0.1) is 0 Å². The van der Waals surface area contributed by atoms with Crippen LogP contribution in [0.2, 0.25) is 0 Å². The number of primary amides is 1. The highest BCUT2D eigenvalue weighted by atomic mass is 19.1. The summed E-state index contributed by atoms with van der Waals surface area (Å²) >= 11 is 0. The van der Waals surface area contributed by atoms with Crippen LogP contribution in [0.25, 0.3) is 5.52 Å². The van der Waals surface area contributed by atoms with Gasteiger partial charge in [-0.25, -0.2) is 8.91 Å². The van der Waals surface area contributed by atoms with Crippen LogP contribution in [0.1, 0.15) is 67.6 Å². The Morgan fingerprint density at radius 3 is 2.81 bits per heavy atom. The third-order valence-corrected chi connectivity index (χ3v) is 6.93. The van der Waals surface area contributed by atoms with Crippen molar-refractivity contribution in [2.75, 3.05) is 11.4 Å². The molecule has 4 rings (SSSR count). The zero-order valence-electron chi connectivity index (χ0n) is 20.6. The molecule has 190 valence electrons. The van der Waals surface area contributed by atoms with Crippen LogP contribution in [-0.2, 0) is 0 Å². The van der Waals surface area contributed by atoms with E-state index in [4.69, 9.17) is 5.73 Å². The fourth-order valence-electron chi connectivity index (χ4n) is 5.14. The lowest BCUT2D eigenvalue weighted by Gasteiger charge is -2.46. The third-order valence-electron chi connectivity index (χ3n) is 6.93. The van der Waals surface area contributed by atoms with Crippen molar-refractivity contribution in [1.82, 2.24) is 14.6 Å². The molecule has 3 unspecified atom stereocenters. The Bertz CT molecular complexity index is 1310. The van der Waals surface area contributed by atoms with Gasteiger partial charge >= 0.3 is 0 Å². The van der Waals surface area contributed by atoms with Gasteiger partial charge in [-0.2, -0.15) is 10.4 Å². The van der Waals surface area contributed by atoms with E-state index in [1.807, 2.05) is 12.1 Å². The fourth-order valence-corrected chi connectivity index (χ4v) is 5.14. The molecule has 1 saturated carbocycles. The molecule has 1 aliphatic rings. The molecule has 36 heavy (non-hydrogen) atoms. The summed E-state index contributed by atoms with van der Waals surface area (Å²) in [5.41, 5.74) is 5.52. The molecule has 3 heterocycles. The quantitative estimate of drug-likeness (QED) is 0.459. The molecule has 0 bridgehead atoms. The number of anilines is 1. The van der Waals surface area contributed by atoms with Crippen molar-refractivity contribution in [2.45, 2.75) is 69.4 Å². The highest BCUT2D eigenvalue weighted by Gasteiger charge is 2.42. The lowest BCUT2D eigenvalue weighted by Crippen LogP contribution is -2.52. The van der Waals surface area contributed by atoms with Crippen molar-refractivity contribution >= 4 is 17.1 Å². The molecule has 0 radical (unpaired) electrons. The summed E-state index contributed by atoms with van der Waals surface area (Å²) in [5.74, 6) is -0.848. The van der Waals surface area contributed by atoms with Crippen LogP contribution in [0, 0.1) is 11.3 Å². The molecule has 10 heteroatoms. The number of aromatic nitrogens is 3. The maximum Gasteiger partial charge on any atom is 0.252 e. The van der Waals surface area contributed by atoms with Gasteiger partial charge in [0.15, 0.2) is 0 Å². The first kappa shape index (κ1) is 25.5. The number of nitriles is 1. The Kier molecular flexibility index (Phi) is 6.73. The number of alkyl halides is 1. The summed E-state index contributed by atoms with van der Waals surface area (Å²) < 4.78 is 17.0. The van der Waals surface area contributed by atoms with Gasteiger partial charge in [0.05, 0.1) is 46.3 Å². The summed E-state index contributed by atoms with van der Waals surface area (Å²) in [7, 11) is 0. The highest BCUT2D eigenvalue weighted by Crippen LogP contribution is 2.42. The van der Waals surface area contributed by atoms with Crippen LogP contribution in [0.3, 0.4) is 0 Å². The van der Waals surface area contributed by atoms with Crippen LogP contribution in [0.15, 0.2) is 42.9 Å². The van der Waals surface area contributed by atoms with E-state index in [0.29, 0.717) is 30.5 Å². The molecule has 0 aliphatic heterocycles. The minimum Gasteiger partial charge on any atom is -0.390 e. The predicted molar refractivity (Wildman–Crippen MR) is 132 cm³/mol. The van der Waals surface area contributed by atoms with Crippen LogP contribution < -0.4 is 10.6 Å². The topological polar surface area (TPSA) is 141 Å². The minimum absolute atomic E-state index is 0.140. The molecular formula is C26H31FN6O3. The van der Waals surface area contributed by atoms with E-state index in [0.717, 1.165) is 11.2 Å². The maximum atomic E-state index is 15.2. The van der Waals surface area contributed by atoms with Crippen LogP contribution >= 0.6 is 0 Å². The molecule has 3 aromatic rings. The van der Waals surface area contributed by atoms with Crippen molar-refractivity contribution in [3.8, 4) is 6.07 Å². The van der Waals surface area contributed by atoms with Crippen molar-refractivity contribution in [2.24, 2.45) is 5.73 Å². The molecule has 0 aromatic carbocycles. The number of hydrogen-bond donors (Lipinski definition) is 3. The molecule has 1 fully saturated rings. The van der Waals surface area contributed by atoms with Crippen LogP contribution in [0.5, 0.6) is 0 Å². The van der Waals surface area contributed by atoms with Gasteiger partial charge < -0.3 is 20.8 Å². The number of carbonyl (C=O) groups is 1. The molecule has 3 aromatic heterocycles. The van der Waals surface area contributed by atoms with Gasteiger partial charge in [0.2, 0.25) is 0 Å². The summed E-state index contributed by atoms with van der Waals surface area (Å²) in [5, 5.41) is 35.2. The number of halogens is 1. The van der Waals surface area contributed by atoms with Crippen molar-refractivity contribution in [1.29, 1.82) is 5.26 Å². The molecule has 4 N–H and O–H groups in total. The standard InChI is InChI=1S/C26H31FN6O3/c1-25(2,35)23(27)15-32(22-6-7-30-14-20(22)24(29)34)19-9-17(10-26(3,36)11-19)21-5-4-18-8-16(12-28)13-31-33(18)21/h4-8,13-14,17,19,23,35-36H,9-11,15H2,1-3H3,(H2,29,34)/t17?,19?,23-,26?/m1/s1. The lowest BCUT2D eigenvalue weighted by atomic mass is 9.74. The fraction of sp³-hybridized carbons (Fsp3) is 0.462. The number of pyridine rings is 1. The first-order valence-corrected chi connectivity index (χ1v) is 11.9. The molecule has 1 amide bonds. The van der Waals surface area contributed by atoms with Gasteiger partial charge in [-0.3, -0.25) is 9.78 Å². The third kappa shape index (κ3) is 5.17. The molecule has 9 nitrogen and oxygen atoms in total. The average molecular weight is 495 g/mol. The highest BCUT2D eigenvalue weighted by molar-refractivity contribution is 5.98. The van der Waals surface area contributed by atoms with Gasteiger partial charge in [-0.1, -0.05) is 0 Å². The number of rotatable bonds is 7. The van der Waals surface area contributed by atoms with Gasteiger partial charge in [0.1, 0.15) is 12.2 Å². The Hall–Kier alpha value is -3.55. The number of carbonyl (C=O) groups excluding carboxylic acids is 1. The lowest BCUT2D eigenvalue weighted by molar-refractivity contribution is -0.00892. The summed E-state index contributed by atoms with van der Waals surface area (Å²) in [6, 6.07) is 8.85. The summed E-state index contributed by atoms with van der Waals surface area (Å²) in [6.07, 6.45) is 4.00. The largest absolute Gasteiger partial charge is 0.390 e. The first-order chi connectivity index (χ1) is 16.9. The van der Waals surface area contributed by atoms with Crippen LogP contribution in [-0.4, -0.2) is 60.7 Å². The van der Waals surface area contributed by atoms with E-state index in [9.17, 15) is 20.3 Å². The van der Waals surface area contributed by atoms with Crippen molar-refractivity contribution in [3.05, 3.63) is 59.7 Å². The molecular weight excluding hydrogens is 463 g/mol. The Labute approximate surface area is 209 Å². The Morgan fingerprint density at radius 1 is 1.39 bits per heavy atom. The second-order valence-electron chi connectivity index (χ2n) is 10.5. The van der Waals surface area contributed by atoms with E-state index < -0.39 is 23.3 Å². The van der Waals surface area contributed by atoms with E-state index in [-0.39, 0.29) is 24.1 Å². The summed E-state index contributed by atoms with van der Waals surface area (Å²) in [4.78, 5) is 17.9. The zero-order valence-corrected chi connectivity index (χ0v) is 20.6. The number of aliphatic hydroxyl groups is 2. The van der Waals surface area contributed by atoms with E-state index in [1.54, 1.807) is 28.5 Å². The van der Waals surface area contributed by atoms with Crippen molar-refractivity contribution in [3.63, 3.8) is 0 Å². The second kappa shape index (κ2) is 9.48. The predicted octanol–water partition coefficient (Wildman–Crippen LogP) is 2.70. The van der Waals surface area contributed by atoms with Crippen molar-refractivity contribution < 1.29 is 19.4 Å². The number of nitrogens with two attached hydrogens (primary N) is 1. The molecule has 0 spiro atoms. The van der Waals surface area contributed by atoms with Gasteiger partial charge in [0, 0.05) is 30.0 Å². The molecule has 0 saturated heterocycles. The Balaban J connectivity index is 1.76. The number of fused-ring (bicyclic) bond motifs is 1. The van der Waals surface area contributed by atoms with E-state index in [2.05, 4.69) is 16.2 Å². The second-order valence-corrected chi connectivity index (χ2v) is 10.5. The first-order valence-electron chi connectivity index (χ1n) is 11.9. The number of nitrogens with zero attached hydrogens (tertiary/aromatic N) is 5. The van der Waals surface area contributed by atoms with E-state index in [1.165, 1.54) is 32.4 Å². The molecule has 4 atom stereocenters. The number of hydrogen-bond acceptors (Lipinski definition) is 7. The monoisotopic (exact) mass is 494 g/mol.